The maximum atomic E-state index is 11.0. The molecule has 0 saturated heterocycles. The Kier molecular flexibility index (Phi) is 2.31. The quantitative estimate of drug-likeness (QED) is 0.647. The zero-order valence-corrected chi connectivity index (χ0v) is 6.65. The molecule has 1 radical (unpaired) electrons. The van der Waals surface area contributed by atoms with Crippen LogP contribution in [0.4, 0.5) is 0 Å². The summed E-state index contributed by atoms with van der Waals surface area (Å²) in [6, 6.07) is 0. The predicted molar refractivity (Wildman–Crippen MR) is 39.7 cm³/mol. The van der Waals surface area contributed by atoms with Crippen molar-refractivity contribution in [2.24, 2.45) is 0 Å². The lowest BCUT2D eigenvalue weighted by Crippen LogP contribution is -2.28. The molecule has 1 rings (SSSR count). The topological polar surface area (TPSA) is 46.2 Å². The maximum absolute atomic E-state index is 11.0. The lowest BCUT2D eigenvalue weighted by Gasteiger charge is -2.07. The Balaban J connectivity index is 2.63. The summed E-state index contributed by atoms with van der Waals surface area (Å²) in [5.41, 5.74) is 0. The van der Waals surface area contributed by atoms with Crippen molar-refractivity contribution in [2.75, 3.05) is 0 Å². The first-order valence-electron chi connectivity index (χ1n) is 3.44. The van der Waals surface area contributed by atoms with Gasteiger partial charge in [-0.05, 0) is 12.8 Å². The molecule has 0 aromatic heterocycles. The highest BCUT2D eigenvalue weighted by Gasteiger charge is 2.26. The molecule has 10 heavy (non-hydrogen) atoms. The molecular weight excluding hydrogens is 150 g/mol. The van der Waals surface area contributed by atoms with Gasteiger partial charge in [-0.25, -0.2) is 13.1 Å². The molecule has 1 saturated carbocycles. The van der Waals surface area contributed by atoms with Gasteiger partial charge in [-0.2, -0.15) is 0 Å². The normalized spacial score (nSPS) is 21.7. The number of nitrogens with one attached hydrogen (secondary N) is 1. The van der Waals surface area contributed by atoms with Gasteiger partial charge in [0, 0.05) is 7.05 Å². The summed E-state index contributed by atoms with van der Waals surface area (Å²) in [7, 11) is 0.105. The van der Waals surface area contributed by atoms with Crippen LogP contribution in [-0.4, -0.2) is 13.7 Å². The first kappa shape index (κ1) is 8.01. The lowest BCUT2D eigenvalue weighted by molar-refractivity contribution is 0.573. The Morgan fingerprint density at radius 2 is 1.80 bits per heavy atom. The zero-order valence-electron chi connectivity index (χ0n) is 5.84. The van der Waals surface area contributed by atoms with Crippen LogP contribution in [0.25, 0.3) is 0 Å². The molecule has 1 aliphatic rings. The van der Waals surface area contributed by atoms with Gasteiger partial charge >= 0.3 is 0 Å². The molecule has 1 N–H and O–H groups in total. The number of sulfonamides is 1. The average molecular weight is 162 g/mol. The highest BCUT2D eigenvalue weighted by Crippen LogP contribution is 2.23. The van der Waals surface area contributed by atoms with Crippen LogP contribution in [0, 0.1) is 7.05 Å². The van der Waals surface area contributed by atoms with Crippen molar-refractivity contribution in [3.63, 3.8) is 0 Å². The van der Waals surface area contributed by atoms with Crippen LogP contribution in [0.15, 0.2) is 0 Å². The fourth-order valence-electron chi connectivity index (χ4n) is 1.32. The second kappa shape index (κ2) is 2.88. The Morgan fingerprint density at radius 1 is 1.30 bits per heavy atom. The van der Waals surface area contributed by atoms with E-state index in [1.807, 2.05) is 0 Å². The van der Waals surface area contributed by atoms with Crippen LogP contribution in [0.3, 0.4) is 0 Å². The van der Waals surface area contributed by atoms with E-state index in [1.165, 1.54) is 0 Å². The summed E-state index contributed by atoms with van der Waals surface area (Å²) in [4.78, 5) is 0. The molecular formula is C6H12NO2S. The zero-order chi connectivity index (χ0) is 7.61. The molecule has 0 amide bonds. The minimum atomic E-state index is -3.06. The highest BCUT2D eigenvalue weighted by atomic mass is 32.2. The van der Waals surface area contributed by atoms with E-state index in [1.54, 1.807) is 0 Å². The van der Waals surface area contributed by atoms with Crippen molar-refractivity contribution < 1.29 is 8.42 Å². The van der Waals surface area contributed by atoms with Gasteiger partial charge in [0.15, 0.2) is 0 Å². The Labute approximate surface area is 61.9 Å². The minimum Gasteiger partial charge on any atom is -0.214 e. The summed E-state index contributed by atoms with van der Waals surface area (Å²) in [5.74, 6) is 0. The smallest absolute Gasteiger partial charge is 0.214 e. The average Bonchev–Trinajstić information content (AvgIpc) is 2.38. The van der Waals surface area contributed by atoms with Crippen molar-refractivity contribution >= 4 is 10.0 Å². The van der Waals surface area contributed by atoms with E-state index in [0.29, 0.717) is 0 Å². The summed E-state index contributed by atoms with van der Waals surface area (Å²) < 4.78 is 24.2. The predicted octanol–water partition coefficient (Wildman–Crippen LogP) is 0.640. The van der Waals surface area contributed by atoms with Crippen LogP contribution in [0.1, 0.15) is 25.7 Å². The highest BCUT2D eigenvalue weighted by molar-refractivity contribution is 7.90. The van der Waals surface area contributed by atoms with E-state index in [4.69, 9.17) is 0 Å². The second-order valence-corrected chi connectivity index (χ2v) is 4.64. The van der Waals surface area contributed by atoms with E-state index in [2.05, 4.69) is 11.8 Å². The fourth-order valence-corrected chi connectivity index (χ4v) is 2.51. The summed E-state index contributed by atoms with van der Waals surface area (Å²) in [5, 5.41) is -0.176. The van der Waals surface area contributed by atoms with Crippen molar-refractivity contribution in [1.82, 2.24) is 4.72 Å². The van der Waals surface area contributed by atoms with Crippen LogP contribution in [-0.2, 0) is 10.0 Å². The third kappa shape index (κ3) is 1.49. The molecule has 4 heteroatoms. The van der Waals surface area contributed by atoms with Gasteiger partial charge in [0.25, 0.3) is 0 Å². The van der Waals surface area contributed by atoms with E-state index in [-0.39, 0.29) is 5.25 Å². The van der Waals surface area contributed by atoms with Gasteiger partial charge in [0.1, 0.15) is 0 Å². The molecule has 0 spiro atoms. The van der Waals surface area contributed by atoms with E-state index >= 15 is 0 Å². The van der Waals surface area contributed by atoms with Crippen LogP contribution in [0.2, 0.25) is 0 Å². The first-order chi connectivity index (χ1) is 4.67. The number of rotatable bonds is 2. The minimum absolute atomic E-state index is 0.176. The lowest BCUT2D eigenvalue weighted by atomic mass is 10.4. The van der Waals surface area contributed by atoms with Gasteiger partial charge in [-0.1, -0.05) is 12.8 Å². The van der Waals surface area contributed by atoms with Crippen LogP contribution < -0.4 is 4.72 Å². The number of hydrogen-bond acceptors (Lipinski definition) is 2. The Bertz CT molecular complexity index is 192. The molecule has 3 nitrogen and oxygen atoms in total. The molecule has 0 aliphatic heterocycles. The van der Waals surface area contributed by atoms with Gasteiger partial charge in [0.05, 0.1) is 5.25 Å². The monoisotopic (exact) mass is 162 g/mol. The molecule has 0 atom stereocenters. The van der Waals surface area contributed by atoms with Gasteiger partial charge < -0.3 is 0 Å². The van der Waals surface area contributed by atoms with Gasteiger partial charge in [-0.15, -0.1) is 0 Å². The molecule has 0 aromatic rings. The third-order valence-corrected chi connectivity index (χ3v) is 3.69. The van der Waals surface area contributed by atoms with Crippen molar-refractivity contribution in [2.45, 2.75) is 30.9 Å². The Hall–Kier alpha value is -0.0900. The molecule has 0 aromatic carbocycles. The molecule has 59 valence electrons. The summed E-state index contributed by atoms with van der Waals surface area (Å²) in [6.07, 6.45) is 3.66. The number of hydrogen-bond donors (Lipinski definition) is 1. The maximum Gasteiger partial charge on any atom is 0.214 e. The third-order valence-electron chi connectivity index (χ3n) is 1.94. The molecule has 1 aliphatic carbocycles. The standard InChI is InChI=1S/C6H12NO2S/c1-7-10(8,9)6-4-2-3-5-6/h6-7H,1-5H2. The SMILES string of the molecule is [CH2]NS(=O)(=O)C1CCCC1. The van der Waals surface area contributed by atoms with Crippen molar-refractivity contribution in [1.29, 1.82) is 0 Å². The molecule has 0 unspecified atom stereocenters. The van der Waals surface area contributed by atoms with E-state index < -0.39 is 10.0 Å². The fraction of sp³-hybridized carbons (Fsp3) is 0.833. The Morgan fingerprint density at radius 3 is 2.20 bits per heavy atom. The largest absolute Gasteiger partial charge is 0.214 e. The first-order valence-corrected chi connectivity index (χ1v) is 4.99. The van der Waals surface area contributed by atoms with Crippen molar-refractivity contribution in [3.8, 4) is 0 Å². The van der Waals surface area contributed by atoms with Crippen LogP contribution >= 0.6 is 0 Å². The second-order valence-electron chi connectivity index (χ2n) is 2.60. The van der Waals surface area contributed by atoms with Crippen LogP contribution in [0.5, 0.6) is 0 Å². The molecule has 1 fully saturated rings. The van der Waals surface area contributed by atoms with E-state index in [0.717, 1.165) is 25.7 Å². The van der Waals surface area contributed by atoms with Gasteiger partial charge in [0.2, 0.25) is 10.0 Å². The summed E-state index contributed by atoms with van der Waals surface area (Å²) in [6.45, 7) is 0. The van der Waals surface area contributed by atoms with Crippen molar-refractivity contribution in [3.05, 3.63) is 7.05 Å². The molecule has 0 bridgehead atoms. The van der Waals surface area contributed by atoms with Gasteiger partial charge in [-0.3, -0.25) is 0 Å². The summed E-state index contributed by atoms with van der Waals surface area (Å²) >= 11 is 0. The van der Waals surface area contributed by atoms with E-state index in [9.17, 15) is 8.42 Å². The molecule has 0 heterocycles.